The van der Waals surface area contributed by atoms with E-state index in [9.17, 15) is 13.2 Å². The van der Waals surface area contributed by atoms with Gasteiger partial charge in [0.15, 0.2) is 9.84 Å². The lowest BCUT2D eigenvalue weighted by molar-refractivity contribution is -0.117. The third kappa shape index (κ3) is 5.73. The Hall–Kier alpha value is -2.11. The van der Waals surface area contributed by atoms with Crippen LogP contribution >= 0.6 is 11.6 Å². The topological polar surface area (TPSA) is 63.2 Å². The van der Waals surface area contributed by atoms with E-state index in [0.29, 0.717) is 11.4 Å². The first-order chi connectivity index (χ1) is 11.8. The fourth-order valence-electron chi connectivity index (χ4n) is 2.33. The van der Waals surface area contributed by atoms with E-state index in [4.69, 9.17) is 11.6 Å². The van der Waals surface area contributed by atoms with Crippen molar-refractivity contribution in [2.45, 2.75) is 24.3 Å². The molecule has 25 heavy (non-hydrogen) atoms. The van der Waals surface area contributed by atoms with Crippen molar-refractivity contribution in [3.63, 3.8) is 0 Å². The van der Waals surface area contributed by atoms with E-state index in [0.717, 1.165) is 11.1 Å². The first kappa shape index (κ1) is 19.2. The van der Waals surface area contributed by atoms with Crippen LogP contribution in [-0.4, -0.2) is 20.6 Å². The molecular formula is C19H20ClNO3S. The molecule has 0 aromatic heterocycles. The number of carbonyl (C=O) groups is 1. The smallest absolute Gasteiger partial charge is 0.244 e. The van der Waals surface area contributed by atoms with Crippen LogP contribution in [0, 0.1) is 0 Å². The monoisotopic (exact) mass is 377 g/mol. The lowest BCUT2D eigenvalue weighted by Gasteiger charge is -2.16. The fourth-order valence-corrected chi connectivity index (χ4v) is 3.09. The summed E-state index contributed by atoms with van der Waals surface area (Å²) in [5.74, 6) is -0.214. The van der Waals surface area contributed by atoms with Crippen molar-refractivity contribution in [3.05, 3.63) is 70.8 Å². The van der Waals surface area contributed by atoms with Crippen molar-refractivity contribution in [1.82, 2.24) is 5.32 Å². The number of benzene rings is 2. The largest absolute Gasteiger partial charge is 0.346 e. The van der Waals surface area contributed by atoms with Gasteiger partial charge in [0.2, 0.25) is 5.91 Å². The predicted octanol–water partition coefficient (Wildman–Crippen LogP) is 4.02. The van der Waals surface area contributed by atoms with E-state index in [1.807, 2.05) is 19.1 Å². The van der Waals surface area contributed by atoms with Gasteiger partial charge in [-0.2, -0.15) is 0 Å². The van der Waals surface area contributed by atoms with Gasteiger partial charge in [-0.3, -0.25) is 4.79 Å². The first-order valence-electron chi connectivity index (χ1n) is 7.83. The minimum atomic E-state index is -3.23. The number of halogens is 1. The predicted molar refractivity (Wildman–Crippen MR) is 101 cm³/mol. The average Bonchev–Trinajstić information content (AvgIpc) is 2.58. The van der Waals surface area contributed by atoms with E-state index in [2.05, 4.69) is 5.32 Å². The molecule has 132 valence electrons. The SMILES string of the molecule is CCC(NC(=O)/C=C/c1ccc(Cl)cc1)c1ccc(S(C)(=O)=O)cc1. The summed E-state index contributed by atoms with van der Waals surface area (Å²) in [6.07, 6.45) is 5.04. The second-order valence-electron chi connectivity index (χ2n) is 5.70. The number of sulfone groups is 1. The highest BCUT2D eigenvalue weighted by Crippen LogP contribution is 2.19. The normalized spacial score (nSPS) is 12.9. The minimum absolute atomic E-state index is 0.184. The maximum absolute atomic E-state index is 12.1. The van der Waals surface area contributed by atoms with Crippen molar-refractivity contribution >= 4 is 33.4 Å². The molecule has 2 aromatic carbocycles. The van der Waals surface area contributed by atoms with Gasteiger partial charge >= 0.3 is 0 Å². The Balaban J connectivity index is 2.05. The molecule has 0 fully saturated rings. The number of rotatable bonds is 6. The molecule has 6 heteroatoms. The molecule has 1 amide bonds. The molecule has 2 rings (SSSR count). The van der Waals surface area contributed by atoms with E-state index in [-0.39, 0.29) is 16.8 Å². The lowest BCUT2D eigenvalue weighted by atomic mass is 10.0. The van der Waals surface area contributed by atoms with Gasteiger partial charge in [0.05, 0.1) is 10.9 Å². The van der Waals surface area contributed by atoms with Crippen LogP contribution in [0.1, 0.15) is 30.5 Å². The Morgan fingerprint density at radius 2 is 1.72 bits per heavy atom. The van der Waals surface area contributed by atoms with Crippen LogP contribution in [0.4, 0.5) is 0 Å². The molecule has 0 aliphatic heterocycles. The highest BCUT2D eigenvalue weighted by atomic mass is 35.5. The van der Waals surface area contributed by atoms with E-state index >= 15 is 0 Å². The van der Waals surface area contributed by atoms with Crippen LogP contribution in [0.25, 0.3) is 6.08 Å². The summed E-state index contributed by atoms with van der Waals surface area (Å²) >= 11 is 5.83. The number of hydrogen-bond donors (Lipinski definition) is 1. The first-order valence-corrected chi connectivity index (χ1v) is 10.1. The third-order valence-electron chi connectivity index (χ3n) is 3.73. The molecule has 0 aliphatic rings. The summed E-state index contributed by atoms with van der Waals surface area (Å²) < 4.78 is 23.0. The molecule has 1 unspecified atom stereocenters. The number of carbonyl (C=O) groups excluding carboxylic acids is 1. The molecule has 0 bridgehead atoms. The van der Waals surface area contributed by atoms with Crippen LogP contribution in [0.2, 0.25) is 5.02 Å². The summed E-state index contributed by atoms with van der Waals surface area (Å²) in [4.78, 5) is 12.4. The van der Waals surface area contributed by atoms with Crippen LogP contribution in [0.15, 0.2) is 59.5 Å². The van der Waals surface area contributed by atoms with Gasteiger partial charge in [-0.05, 0) is 47.9 Å². The molecule has 0 saturated heterocycles. The molecule has 4 nitrogen and oxygen atoms in total. The molecule has 0 aliphatic carbocycles. The molecule has 0 spiro atoms. The highest BCUT2D eigenvalue weighted by Gasteiger charge is 2.13. The number of nitrogens with one attached hydrogen (secondary N) is 1. The summed E-state index contributed by atoms with van der Waals surface area (Å²) in [5, 5.41) is 3.57. The van der Waals surface area contributed by atoms with Crippen molar-refractivity contribution in [1.29, 1.82) is 0 Å². The standard InChI is InChI=1S/C19H20ClNO3S/c1-3-18(15-7-11-17(12-8-15)25(2,23)24)21-19(22)13-6-14-4-9-16(20)10-5-14/h4-13,18H,3H2,1-2H3,(H,21,22)/b13-6+. The Morgan fingerprint density at radius 3 is 2.24 bits per heavy atom. The van der Waals surface area contributed by atoms with Crippen molar-refractivity contribution in [2.75, 3.05) is 6.26 Å². The maximum Gasteiger partial charge on any atom is 0.244 e. The third-order valence-corrected chi connectivity index (χ3v) is 5.11. The maximum atomic E-state index is 12.1. The van der Waals surface area contributed by atoms with Crippen LogP contribution < -0.4 is 5.32 Å². The Labute approximate surface area is 153 Å². The minimum Gasteiger partial charge on any atom is -0.346 e. The Kier molecular flexibility index (Phi) is 6.39. The van der Waals surface area contributed by atoms with Crippen LogP contribution in [0.5, 0.6) is 0 Å². The van der Waals surface area contributed by atoms with Crippen molar-refractivity contribution in [2.24, 2.45) is 0 Å². The summed E-state index contributed by atoms with van der Waals surface area (Å²) in [6.45, 7) is 1.96. The van der Waals surface area contributed by atoms with Gasteiger partial charge in [0.25, 0.3) is 0 Å². The Morgan fingerprint density at radius 1 is 1.12 bits per heavy atom. The second kappa shape index (κ2) is 8.32. The summed E-state index contributed by atoms with van der Waals surface area (Å²) in [7, 11) is -3.23. The van der Waals surface area contributed by atoms with Gasteiger partial charge in [-0.1, -0.05) is 42.8 Å². The van der Waals surface area contributed by atoms with Crippen molar-refractivity contribution in [3.8, 4) is 0 Å². The van der Waals surface area contributed by atoms with Crippen LogP contribution in [0.3, 0.4) is 0 Å². The van der Waals surface area contributed by atoms with Gasteiger partial charge in [0, 0.05) is 17.4 Å². The molecule has 1 N–H and O–H groups in total. The molecule has 2 aromatic rings. The van der Waals surface area contributed by atoms with Gasteiger partial charge in [0.1, 0.15) is 0 Å². The van der Waals surface area contributed by atoms with E-state index < -0.39 is 9.84 Å². The Bertz CT molecular complexity index is 857. The number of amides is 1. The van der Waals surface area contributed by atoms with Crippen molar-refractivity contribution < 1.29 is 13.2 Å². The van der Waals surface area contributed by atoms with Crippen LogP contribution in [-0.2, 0) is 14.6 Å². The molecule has 0 heterocycles. The summed E-state index contributed by atoms with van der Waals surface area (Å²) in [6, 6.07) is 13.6. The second-order valence-corrected chi connectivity index (χ2v) is 8.15. The lowest BCUT2D eigenvalue weighted by Crippen LogP contribution is -2.26. The zero-order valence-corrected chi connectivity index (χ0v) is 15.6. The highest BCUT2D eigenvalue weighted by molar-refractivity contribution is 7.90. The molecule has 0 saturated carbocycles. The zero-order chi connectivity index (χ0) is 18.4. The summed E-state index contributed by atoms with van der Waals surface area (Å²) in [5.41, 5.74) is 1.74. The molecule has 0 radical (unpaired) electrons. The quantitative estimate of drug-likeness (QED) is 0.773. The van der Waals surface area contributed by atoms with E-state index in [1.165, 1.54) is 12.3 Å². The average molecular weight is 378 g/mol. The number of hydrogen-bond acceptors (Lipinski definition) is 3. The molecule has 1 atom stereocenters. The van der Waals surface area contributed by atoms with Gasteiger partial charge in [-0.25, -0.2) is 8.42 Å². The molecular weight excluding hydrogens is 358 g/mol. The van der Waals surface area contributed by atoms with Gasteiger partial charge in [-0.15, -0.1) is 0 Å². The van der Waals surface area contributed by atoms with Gasteiger partial charge < -0.3 is 5.32 Å². The fraction of sp³-hybridized carbons (Fsp3) is 0.211. The zero-order valence-electron chi connectivity index (χ0n) is 14.1. The van der Waals surface area contributed by atoms with E-state index in [1.54, 1.807) is 42.5 Å².